The van der Waals surface area contributed by atoms with Gasteiger partial charge in [-0.2, -0.15) is 26.3 Å². The highest BCUT2D eigenvalue weighted by atomic mass is 19.4. The van der Waals surface area contributed by atoms with E-state index in [-0.39, 0.29) is 6.04 Å². The molecule has 4 rings (SSSR count). The second-order valence-electron chi connectivity index (χ2n) is 10.0. The molecule has 1 aliphatic heterocycles. The first-order chi connectivity index (χ1) is 17.1. The van der Waals surface area contributed by atoms with Crippen LogP contribution in [0.4, 0.5) is 26.3 Å². The van der Waals surface area contributed by atoms with E-state index in [1.54, 1.807) is 18.2 Å². The molecule has 0 aromatic heterocycles. The maximum Gasteiger partial charge on any atom is 0.416 e. The summed E-state index contributed by atoms with van der Waals surface area (Å²) in [5, 5.41) is 22.6. The van der Waals surface area contributed by atoms with E-state index >= 15 is 0 Å². The molecule has 2 aromatic rings. The third-order valence-electron chi connectivity index (χ3n) is 7.35. The van der Waals surface area contributed by atoms with Gasteiger partial charge < -0.3 is 20.3 Å². The van der Waals surface area contributed by atoms with Crippen LogP contribution in [0.3, 0.4) is 0 Å². The van der Waals surface area contributed by atoms with Gasteiger partial charge in [0.25, 0.3) is 0 Å². The van der Waals surface area contributed by atoms with Crippen LogP contribution in [0.1, 0.15) is 73.1 Å². The van der Waals surface area contributed by atoms with E-state index in [1.807, 2.05) is 0 Å². The molecule has 1 aliphatic carbocycles. The van der Waals surface area contributed by atoms with Gasteiger partial charge in [0.15, 0.2) is 0 Å². The number of benzene rings is 2. The summed E-state index contributed by atoms with van der Waals surface area (Å²) >= 11 is 0. The third kappa shape index (κ3) is 5.57. The molecule has 0 saturated heterocycles. The Bertz CT molecular complexity index is 1170. The summed E-state index contributed by atoms with van der Waals surface area (Å²) in [4.78, 5) is 11.2. The molecule has 5 nitrogen and oxygen atoms in total. The fourth-order valence-corrected chi connectivity index (χ4v) is 5.17. The molecular formula is C26H27F6NO4. The van der Waals surface area contributed by atoms with E-state index in [0.29, 0.717) is 55.2 Å². The van der Waals surface area contributed by atoms with E-state index in [4.69, 9.17) is 9.84 Å². The van der Waals surface area contributed by atoms with Gasteiger partial charge in [0.1, 0.15) is 11.4 Å². The van der Waals surface area contributed by atoms with Gasteiger partial charge in [0.2, 0.25) is 0 Å². The van der Waals surface area contributed by atoms with E-state index in [0.717, 1.165) is 5.56 Å². The van der Waals surface area contributed by atoms with E-state index in [2.05, 4.69) is 5.32 Å². The van der Waals surface area contributed by atoms with Gasteiger partial charge in [-0.3, -0.25) is 4.79 Å². The number of nitrogens with one attached hydrogen (secondary N) is 1. The minimum atomic E-state index is -4.80. The van der Waals surface area contributed by atoms with Crippen LogP contribution < -0.4 is 10.1 Å². The number of aliphatic hydroxyl groups is 1. The van der Waals surface area contributed by atoms with Crippen LogP contribution >= 0.6 is 0 Å². The molecule has 202 valence electrons. The van der Waals surface area contributed by atoms with Crippen LogP contribution in [-0.4, -0.2) is 27.8 Å². The summed E-state index contributed by atoms with van der Waals surface area (Å²) in [6.07, 6.45) is -8.60. The smallest absolute Gasteiger partial charge is 0.416 e. The molecule has 0 radical (unpaired) electrons. The highest BCUT2D eigenvalue weighted by Gasteiger charge is 2.49. The van der Waals surface area contributed by atoms with Crippen LogP contribution in [0.15, 0.2) is 36.4 Å². The van der Waals surface area contributed by atoms with Gasteiger partial charge in [-0.05, 0) is 67.6 Å². The van der Waals surface area contributed by atoms with E-state index in [1.165, 1.54) is 13.8 Å². The molecule has 0 bridgehead atoms. The Hall–Kier alpha value is -2.79. The number of carboxylic acids is 1. The molecule has 37 heavy (non-hydrogen) atoms. The number of aliphatic hydroxyl groups excluding tert-OH is 1. The first-order valence-corrected chi connectivity index (χ1v) is 11.9. The standard InChI is InChI=1S/C26H27F6NO4/c1-13(23(35)36)22(34)16-4-3-15-7-8-24(37-21(15)9-16)11-18(12-24)33-14(2)19-10-17(25(27,28)29)5-6-20(19)26(30,31)32/h3-6,9-10,13-14,18,22,33-34H,7-8,11-12H2,1-2H3,(H,35,36)/t13-,14+,18?,22+,24?/m0/s1. The predicted molar refractivity (Wildman–Crippen MR) is 121 cm³/mol. The summed E-state index contributed by atoms with van der Waals surface area (Å²) in [5.74, 6) is -1.64. The SMILES string of the molecule is C[C@H](C(=O)O)[C@@H](O)c1ccc2c(c1)OC1(CC2)CC(N[C@H](C)c2cc(C(F)(F)F)ccc2C(F)(F)F)C1. The quantitative estimate of drug-likeness (QED) is 0.396. The molecule has 0 unspecified atom stereocenters. The van der Waals surface area contributed by atoms with Crippen LogP contribution in [0.5, 0.6) is 5.75 Å². The van der Waals surface area contributed by atoms with Crippen molar-refractivity contribution in [3.05, 3.63) is 64.2 Å². The zero-order chi connectivity index (χ0) is 27.3. The summed E-state index contributed by atoms with van der Waals surface area (Å²) in [6.45, 7) is 2.80. The van der Waals surface area contributed by atoms with Gasteiger partial charge in [-0.25, -0.2) is 0 Å². The van der Waals surface area contributed by atoms with Crippen LogP contribution in [0.2, 0.25) is 0 Å². The van der Waals surface area contributed by atoms with Crippen molar-refractivity contribution >= 4 is 5.97 Å². The number of fused-ring (bicyclic) bond motifs is 1. The molecule has 3 N–H and O–H groups in total. The topological polar surface area (TPSA) is 78.8 Å². The van der Waals surface area contributed by atoms with Crippen molar-refractivity contribution in [2.75, 3.05) is 0 Å². The Morgan fingerprint density at radius 1 is 1.05 bits per heavy atom. The molecule has 0 amide bonds. The monoisotopic (exact) mass is 531 g/mol. The third-order valence-corrected chi connectivity index (χ3v) is 7.35. The Balaban J connectivity index is 1.46. The molecule has 1 saturated carbocycles. The fourth-order valence-electron chi connectivity index (χ4n) is 5.17. The molecule has 1 fully saturated rings. The zero-order valence-electron chi connectivity index (χ0n) is 20.1. The first kappa shape index (κ1) is 27.3. The largest absolute Gasteiger partial charge is 0.487 e. The highest BCUT2D eigenvalue weighted by molar-refractivity contribution is 5.70. The Kier molecular flexibility index (Phi) is 7.00. The second-order valence-corrected chi connectivity index (χ2v) is 10.0. The number of alkyl halides is 6. The minimum absolute atomic E-state index is 0.270. The Morgan fingerprint density at radius 2 is 1.73 bits per heavy atom. The van der Waals surface area contributed by atoms with E-state index < -0.39 is 58.7 Å². The normalized spacial score (nSPS) is 24.0. The lowest BCUT2D eigenvalue weighted by Gasteiger charge is -2.51. The Labute approximate surface area is 209 Å². The Morgan fingerprint density at radius 3 is 2.32 bits per heavy atom. The lowest BCUT2D eigenvalue weighted by molar-refractivity contribution is -0.145. The maximum atomic E-state index is 13.5. The number of rotatable bonds is 6. The highest BCUT2D eigenvalue weighted by Crippen LogP contribution is 2.47. The molecule has 2 aliphatic rings. The fraction of sp³-hybridized carbons (Fsp3) is 0.500. The van der Waals surface area contributed by atoms with Crippen LogP contribution in [-0.2, 0) is 23.6 Å². The maximum absolute atomic E-state index is 13.5. The summed E-state index contributed by atoms with van der Waals surface area (Å²) in [6, 6.07) is 5.24. The lowest BCUT2D eigenvalue weighted by atomic mass is 9.70. The predicted octanol–water partition coefficient (Wildman–Crippen LogP) is 6.06. The lowest BCUT2D eigenvalue weighted by Crippen LogP contribution is -2.58. The summed E-state index contributed by atoms with van der Waals surface area (Å²) in [7, 11) is 0. The van der Waals surface area contributed by atoms with Crippen molar-refractivity contribution in [3.8, 4) is 5.75 Å². The zero-order valence-corrected chi connectivity index (χ0v) is 20.1. The van der Waals surface area contributed by atoms with Crippen molar-refractivity contribution in [2.45, 2.75) is 75.7 Å². The molecule has 11 heteroatoms. The number of halogens is 6. The number of carbonyl (C=O) groups is 1. The molecular weight excluding hydrogens is 504 g/mol. The van der Waals surface area contributed by atoms with Crippen molar-refractivity contribution in [1.29, 1.82) is 0 Å². The van der Waals surface area contributed by atoms with Gasteiger partial charge in [-0.1, -0.05) is 12.1 Å². The number of ether oxygens (including phenoxy) is 1. The summed E-state index contributed by atoms with van der Waals surface area (Å²) < 4.78 is 86.2. The average molecular weight is 531 g/mol. The average Bonchev–Trinajstić information content (AvgIpc) is 2.80. The number of hydrogen-bond donors (Lipinski definition) is 3. The second kappa shape index (κ2) is 9.50. The van der Waals surface area contributed by atoms with Gasteiger partial charge in [0, 0.05) is 24.9 Å². The number of carboxylic acid groups (broad SMARTS) is 1. The molecule has 1 heterocycles. The first-order valence-electron chi connectivity index (χ1n) is 11.9. The number of hydrogen-bond acceptors (Lipinski definition) is 4. The molecule has 1 spiro atoms. The van der Waals surface area contributed by atoms with E-state index in [9.17, 15) is 36.2 Å². The molecule has 2 aromatic carbocycles. The summed E-state index contributed by atoms with van der Waals surface area (Å²) in [5.41, 5.74) is -2.02. The van der Waals surface area contributed by atoms with Crippen molar-refractivity contribution in [2.24, 2.45) is 5.92 Å². The van der Waals surface area contributed by atoms with Gasteiger partial charge in [-0.15, -0.1) is 0 Å². The number of aliphatic carboxylic acids is 1. The van der Waals surface area contributed by atoms with Crippen molar-refractivity contribution in [3.63, 3.8) is 0 Å². The van der Waals surface area contributed by atoms with Crippen molar-refractivity contribution in [1.82, 2.24) is 5.32 Å². The van der Waals surface area contributed by atoms with Crippen LogP contribution in [0.25, 0.3) is 0 Å². The molecule has 3 atom stereocenters. The number of aryl methyl sites for hydroxylation is 1. The van der Waals surface area contributed by atoms with Gasteiger partial charge >= 0.3 is 18.3 Å². The van der Waals surface area contributed by atoms with Crippen molar-refractivity contribution < 1.29 is 46.1 Å². The van der Waals surface area contributed by atoms with Crippen LogP contribution in [0, 0.1) is 5.92 Å². The van der Waals surface area contributed by atoms with Gasteiger partial charge in [0.05, 0.1) is 23.1 Å². The minimum Gasteiger partial charge on any atom is -0.487 e.